The van der Waals surface area contributed by atoms with Crippen LogP contribution in [0.25, 0.3) is 0 Å². The molecule has 31 heavy (non-hydrogen) atoms. The number of rotatable bonds is 7. The Balaban J connectivity index is 1.98. The van der Waals surface area contributed by atoms with Crippen molar-refractivity contribution in [3.05, 3.63) is 54.1 Å². The van der Waals surface area contributed by atoms with Crippen LogP contribution in [0, 0.1) is 0 Å². The van der Waals surface area contributed by atoms with E-state index in [1.54, 1.807) is 0 Å². The molecular formula is C19H21F3N4O4S. The summed E-state index contributed by atoms with van der Waals surface area (Å²) >= 11 is 0. The summed E-state index contributed by atoms with van der Waals surface area (Å²) in [5.74, 6) is -0.496. The quantitative estimate of drug-likeness (QED) is 0.509. The van der Waals surface area contributed by atoms with Gasteiger partial charge in [-0.2, -0.15) is 13.2 Å². The van der Waals surface area contributed by atoms with Gasteiger partial charge in [0.05, 0.1) is 4.90 Å². The van der Waals surface area contributed by atoms with Crippen LogP contribution in [0.2, 0.25) is 0 Å². The van der Waals surface area contributed by atoms with Gasteiger partial charge in [0.2, 0.25) is 10.0 Å². The van der Waals surface area contributed by atoms with Crippen LogP contribution in [0.15, 0.2) is 53.4 Å². The molecule has 0 unspecified atom stereocenters. The molecule has 0 spiro atoms. The molecule has 0 saturated carbocycles. The molecule has 0 fully saturated rings. The molecule has 12 heteroatoms. The van der Waals surface area contributed by atoms with Gasteiger partial charge in [0.25, 0.3) is 5.91 Å². The van der Waals surface area contributed by atoms with Crippen LogP contribution < -0.4 is 20.7 Å². The topological polar surface area (TPSA) is 116 Å². The molecule has 2 rings (SSSR count). The third kappa shape index (κ3) is 7.90. The number of sulfonamides is 1. The smallest absolute Gasteiger partial charge is 0.336 e. The van der Waals surface area contributed by atoms with Gasteiger partial charge >= 0.3 is 12.2 Å². The molecule has 3 amide bonds. The lowest BCUT2D eigenvalue weighted by Gasteiger charge is -2.11. The third-order valence-corrected chi connectivity index (χ3v) is 5.13. The van der Waals surface area contributed by atoms with Gasteiger partial charge in [-0.25, -0.2) is 17.9 Å². The second-order valence-electron chi connectivity index (χ2n) is 6.75. The van der Waals surface area contributed by atoms with Crippen molar-refractivity contribution in [2.75, 3.05) is 17.2 Å². The Morgan fingerprint density at radius 3 is 1.94 bits per heavy atom. The van der Waals surface area contributed by atoms with Crippen molar-refractivity contribution in [2.24, 2.45) is 0 Å². The zero-order chi connectivity index (χ0) is 23.2. The SMILES string of the molecule is CC(C)NC(=O)Nc1ccc(C(=O)Nc2ccc(S(=O)(=O)NCC(F)(F)F)cc2)cc1. The lowest BCUT2D eigenvalue weighted by molar-refractivity contribution is -0.121. The van der Waals surface area contributed by atoms with Gasteiger partial charge in [-0.05, 0) is 62.4 Å². The molecule has 8 nitrogen and oxygen atoms in total. The van der Waals surface area contributed by atoms with E-state index in [4.69, 9.17) is 0 Å². The maximum absolute atomic E-state index is 12.3. The van der Waals surface area contributed by atoms with Gasteiger partial charge in [-0.3, -0.25) is 4.79 Å². The van der Waals surface area contributed by atoms with Crippen molar-refractivity contribution >= 4 is 33.3 Å². The minimum atomic E-state index is -4.68. The molecule has 168 valence electrons. The van der Waals surface area contributed by atoms with E-state index < -0.39 is 28.7 Å². The van der Waals surface area contributed by atoms with Gasteiger partial charge in [0.1, 0.15) is 6.54 Å². The highest BCUT2D eigenvalue weighted by Crippen LogP contribution is 2.18. The number of amides is 3. The number of nitrogens with one attached hydrogen (secondary N) is 4. The molecule has 4 N–H and O–H groups in total. The minimum Gasteiger partial charge on any atom is -0.336 e. The summed E-state index contributed by atoms with van der Waals surface area (Å²) in [5.41, 5.74) is 1.01. The Morgan fingerprint density at radius 1 is 0.903 bits per heavy atom. The van der Waals surface area contributed by atoms with Gasteiger partial charge in [-0.1, -0.05) is 0 Å². The molecule has 0 aliphatic carbocycles. The number of alkyl halides is 3. The summed E-state index contributed by atoms with van der Waals surface area (Å²) in [6.07, 6.45) is -4.68. The maximum atomic E-state index is 12.3. The Morgan fingerprint density at radius 2 is 1.42 bits per heavy atom. The molecule has 0 atom stereocenters. The minimum absolute atomic E-state index is 0.0353. The molecule has 0 aliphatic heterocycles. The Labute approximate surface area is 177 Å². The highest BCUT2D eigenvalue weighted by atomic mass is 32.2. The van der Waals surface area contributed by atoms with E-state index in [0.717, 1.165) is 12.1 Å². The normalized spacial score (nSPS) is 11.8. The summed E-state index contributed by atoms with van der Waals surface area (Å²) < 4.78 is 61.8. The van der Waals surface area contributed by atoms with E-state index in [2.05, 4.69) is 16.0 Å². The predicted molar refractivity (Wildman–Crippen MR) is 109 cm³/mol. The van der Waals surface area contributed by atoms with Crippen molar-refractivity contribution in [3.8, 4) is 0 Å². The number of hydrogen-bond donors (Lipinski definition) is 4. The van der Waals surface area contributed by atoms with Crippen LogP contribution in [0.1, 0.15) is 24.2 Å². The monoisotopic (exact) mass is 458 g/mol. The number of urea groups is 1. The zero-order valence-electron chi connectivity index (χ0n) is 16.6. The van der Waals surface area contributed by atoms with Crippen molar-refractivity contribution in [1.82, 2.24) is 10.0 Å². The molecule has 0 aliphatic rings. The van der Waals surface area contributed by atoms with Gasteiger partial charge < -0.3 is 16.0 Å². The third-order valence-electron chi connectivity index (χ3n) is 3.71. The lowest BCUT2D eigenvalue weighted by Crippen LogP contribution is -2.34. The first-order valence-electron chi connectivity index (χ1n) is 9.01. The van der Waals surface area contributed by atoms with Crippen LogP contribution in [0.3, 0.4) is 0 Å². The molecule has 0 bridgehead atoms. The fourth-order valence-electron chi connectivity index (χ4n) is 2.32. The van der Waals surface area contributed by atoms with E-state index in [0.29, 0.717) is 5.69 Å². The second kappa shape index (κ2) is 9.79. The zero-order valence-corrected chi connectivity index (χ0v) is 17.4. The number of anilines is 2. The summed E-state index contributed by atoms with van der Waals surface area (Å²) in [6.45, 7) is 1.94. The first kappa shape index (κ1) is 24.2. The van der Waals surface area contributed by atoms with Crippen LogP contribution in [0.4, 0.5) is 29.3 Å². The number of benzene rings is 2. The van der Waals surface area contributed by atoms with Gasteiger partial charge in [-0.15, -0.1) is 0 Å². The fourth-order valence-corrected chi connectivity index (χ4v) is 3.33. The van der Waals surface area contributed by atoms with E-state index in [-0.39, 0.29) is 28.2 Å². The molecule has 0 saturated heterocycles. The highest BCUT2D eigenvalue weighted by Gasteiger charge is 2.30. The first-order chi connectivity index (χ1) is 14.4. The Hall–Kier alpha value is -3.12. The summed E-state index contributed by atoms with van der Waals surface area (Å²) in [7, 11) is -4.34. The number of carbonyl (C=O) groups excluding carboxylic acids is 2. The maximum Gasteiger partial charge on any atom is 0.402 e. The van der Waals surface area contributed by atoms with Gasteiger partial charge in [0, 0.05) is 23.0 Å². The number of carbonyl (C=O) groups is 2. The van der Waals surface area contributed by atoms with E-state index >= 15 is 0 Å². The van der Waals surface area contributed by atoms with Crippen molar-refractivity contribution in [2.45, 2.75) is 31.0 Å². The molecular weight excluding hydrogens is 437 g/mol. The van der Waals surface area contributed by atoms with Crippen LogP contribution in [-0.2, 0) is 10.0 Å². The fraction of sp³-hybridized carbons (Fsp3) is 0.263. The largest absolute Gasteiger partial charge is 0.402 e. The summed E-state index contributed by atoms with van der Waals surface area (Å²) in [5, 5.41) is 7.82. The Kier molecular flexibility index (Phi) is 7.63. The van der Waals surface area contributed by atoms with E-state index in [1.165, 1.54) is 41.1 Å². The Bertz CT molecular complexity index is 1020. The number of hydrogen-bond acceptors (Lipinski definition) is 4. The van der Waals surface area contributed by atoms with Crippen LogP contribution >= 0.6 is 0 Å². The van der Waals surface area contributed by atoms with E-state index in [1.807, 2.05) is 13.8 Å². The number of halogens is 3. The predicted octanol–water partition coefficient (Wildman–Crippen LogP) is 3.31. The summed E-state index contributed by atoms with van der Waals surface area (Å²) in [6, 6.07) is 10.3. The molecule has 0 radical (unpaired) electrons. The van der Waals surface area contributed by atoms with Crippen LogP contribution in [-0.4, -0.2) is 39.1 Å². The molecule has 0 aromatic heterocycles. The molecule has 2 aromatic carbocycles. The highest BCUT2D eigenvalue weighted by molar-refractivity contribution is 7.89. The van der Waals surface area contributed by atoms with Crippen molar-refractivity contribution in [3.63, 3.8) is 0 Å². The van der Waals surface area contributed by atoms with Crippen molar-refractivity contribution < 1.29 is 31.2 Å². The van der Waals surface area contributed by atoms with E-state index in [9.17, 15) is 31.2 Å². The standard InChI is InChI=1S/C19H21F3N4O4S/c1-12(2)24-18(28)26-15-5-3-13(4-6-15)17(27)25-14-7-9-16(10-8-14)31(29,30)23-11-19(20,21)22/h3-10,12,23H,11H2,1-2H3,(H,25,27)(H2,24,26,28). The average Bonchev–Trinajstić information content (AvgIpc) is 2.66. The molecule has 2 aromatic rings. The molecule has 0 heterocycles. The lowest BCUT2D eigenvalue weighted by atomic mass is 10.2. The second-order valence-corrected chi connectivity index (χ2v) is 8.52. The van der Waals surface area contributed by atoms with Crippen molar-refractivity contribution in [1.29, 1.82) is 0 Å². The average molecular weight is 458 g/mol. The van der Waals surface area contributed by atoms with Gasteiger partial charge in [0.15, 0.2) is 0 Å². The first-order valence-corrected chi connectivity index (χ1v) is 10.5. The van der Waals surface area contributed by atoms with Crippen LogP contribution in [0.5, 0.6) is 0 Å². The summed E-state index contributed by atoms with van der Waals surface area (Å²) in [4.78, 5) is 23.6.